The van der Waals surface area contributed by atoms with Crippen molar-refractivity contribution < 1.29 is 17.6 Å². The number of thioether (sulfide) groups is 1. The number of anilines is 2. The van der Waals surface area contributed by atoms with Crippen LogP contribution in [0, 0.1) is 5.82 Å². The van der Waals surface area contributed by atoms with Crippen molar-refractivity contribution in [3.63, 3.8) is 0 Å². The lowest BCUT2D eigenvalue weighted by molar-refractivity contribution is -0.113. The van der Waals surface area contributed by atoms with Gasteiger partial charge in [0.25, 0.3) is 0 Å². The standard InChI is InChI=1S/C17H15ClFN5O3S2/c1-29(26,27)23-15-8-12(5-6-14(15)19)21-16(25)9-28-17-22-20-10-24(17)13-4-2-3-11(18)7-13/h2-8,10,23H,9H2,1H3,(H,21,25). The van der Waals surface area contributed by atoms with Crippen molar-refractivity contribution in [3.05, 3.63) is 59.6 Å². The zero-order chi connectivity index (χ0) is 21.0. The smallest absolute Gasteiger partial charge is 0.234 e. The Morgan fingerprint density at radius 3 is 2.79 bits per heavy atom. The fourth-order valence-corrected chi connectivity index (χ4v) is 3.80. The van der Waals surface area contributed by atoms with Gasteiger partial charge < -0.3 is 5.32 Å². The molecule has 152 valence electrons. The van der Waals surface area contributed by atoms with Gasteiger partial charge in [-0.1, -0.05) is 29.4 Å². The molecule has 0 aliphatic rings. The predicted molar refractivity (Wildman–Crippen MR) is 111 cm³/mol. The molecule has 1 aromatic heterocycles. The highest BCUT2D eigenvalue weighted by Gasteiger charge is 2.13. The predicted octanol–water partition coefficient (Wildman–Crippen LogP) is 3.16. The third-order valence-electron chi connectivity index (χ3n) is 3.48. The van der Waals surface area contributed by atoms with E-state index in [0.717, 1.165) is 29.8 Å². The molecule has 0 unspecified atom stereocenters. The van der Waals surface area contributed by atoms with Crippen LogP contribution in [0.25, 0.3) is 5.69 Å². The summed E-state index contributed by atoms with van der Waals surface area (Å²) in [5.41, 5.74) is 0.749. The first-order chi connectivity index (χ1) is 13.7. The number of hydrogen-bond donors (Lipinski definition) is 2. The maximum atomic E-state index is 13.7. The molecule has 0 saturated carbocycles. The summed E-state index contributed by atoms with van der Waals surface area (Å²) in [5, 5.41) is 11.5. The Kier molecular flexibility index (Phi) is 6.40. The molecule has 0 spiro atoms. The van der Waals surface area contributed by atoms with Gasteiger partial charge in [-0.2, -0.15) is 0 Å². The molecule has 3 aromatic rings. The summed E-state index contributed by atoms with van der Waals surface area (Å²) in [5.74, 6) is -1.13. The maximum absolute atomic E-state index is 13.7. The Balaban J connectivity index is 1.66. The van der Waals surface area contributed by atoms with E-state index < -0.39 is 15.8 Å². The average Bonchev–Trinajstić information content (AvgIpc) is 3.10. The number of carbonyl (C=O) groups excluding carboxylic acids is 1. The zero-order valence-electron chi connectivity index (χ0n) is 15.0. The van der Waals surface area contributed by atoms with Gasteiger partial charge in [0.05, 0.1) is 23.4 Å². The molecule has 0 aliphatic heterocycles. The minimum absolute atomic E-state index is 0.00543. The van der Waals surface area contributed by atoms with Crippen LogP contribution >= 0.6 is 23.4 Å². The lowest BCUT2D eigenvalue weighted by Crippen LogP contribution is -2.16. The summed E-state index contributed by atoms with van der Waals surface area (Å²) in [7, 11) is -3.65. The van der Waals surface area contributed by atoms with E-state index in [1.807, 2.05) is 6.07 Å². The van der Waals surface area contributed by atoms with Gasteiger partial charge in [0.1, 0.15) is 12.1 Å². The maximum Gasteiger partial charge on any atom is 0.234 e. The highest BCUT2D eigenvalue weighted by molar-refractivity contribution is 7.99. The van der Waals surface area contributed by atoms with E-state index in [1.54, 1.807) is 22.8 Å². The normalized spacial score (nSPS) is 11.3. The average molecular weight is 456 g/mol. The summed E-state index contributed by atoms with van der Waals surface area (Å²) >= 11 is 7.15. The SMILES string of the molecule is CS(=O)(=O)Nc1cc(NC(=O)CSc2nncn2-c2cccc(Cl)c2)ccc1F. The van der Waals surface area contributed by atoms with E-state index in [0.29, 0.717) is 10.2 Å². The number of nitrogens with zero attached hydrogens (tertiary/aromatic N) is 3. The number of hydrogen-bond acceptors (Lipinski definition) is 6. The molecule has 0 atom stereocenters. The van der Waals surface area contributed by atoms with Crippen molar-refractivity contribution in [2.75, 3.05) is 22.0 Å². The van der Waals surface area contributed by atoms with Gasteiger partial charge in [0.15, 0.2) is 5.16 Å². The lowest BCUT2D eigenvalue weighted by atomic mass is 10.2. The number of rotatable bonds is 7. The fourth-order valence-electron chi connectivity index (χ4n) is 2.33. The minimum Gasteiger partial charge on any atom is -0.325 e. The Bertz CT molecular complexity index is 1150. The molecule has 0 radical (unpaired) electrons. The van der Waals surface area contributed by atoms with Gasteiger partial charge >= 0.3 is 0 Å². The molecule has 29 heavy (non-hydrogen) atoms. The highest BCUT2D eigenvalue weighted by Crippen LogP contribution is 2.23. The molecule has 0 aliphatic carbocycles. The van der Waals surface area contributed by atoms with E-state index in [-0.39, 0.29) is 23.0 Å². The van der Waals surface area contributed by atoms with Crippen molar-refractivity contribution in [1.29, 1.82) is 0 Å². The van der Waals surface area contributed by atoms with E-state index in [1.165, 1.54) is 18.5 Å². The van der Waals surface area contributed by atoms with Crippen molar-refractivity contribution in [2.45, 2.75) is 5.16 Å². The Hall–Kier alpha value is -2.63. The number of nitrogens with one attached hydrogen (secondary N) is 2. The van der Waals surface area contributed by atoms with Gasteiger partial charge in [-0.15, -0.1) is 10.2 Å². The summed E-state index contributed by atoms with van der Waals surface area (Å²) in [6.45, 7) is 0. The molecule has 0 saturated heterocycles. The molecule has 1 heterocycles. The number of aromatic nitrogens is 3. The zero-order valence-corrected chi connectivity index (χ0v) is 17.4. The molecule has 12 heteroatoms. The van der Waals surface area contributed by atoms with Gasteiger partial charge in [-0.05, 0) is 36.4 Å². The number of sulfonamides is 1. The van der Waals surface area contributed by atoms with Crippen LogP contribution in [0.4, 0.5) is 15.8 Å². The largest absolute Gasteiger partial charge is 0.325 e. The quantitative estimate of drug-likeness (QED) is 0.530. The minimum atomic E-state index is -3.65. The highest BCUT2D eigenvalue weighted by atomic mass is 35.5. The third kappa shape index (κ3) is 5.92. The summed E-state index contributed by atoms with van der Waals surface area (Å²) in [6.07, 6.45) is 2.42. The van der Waals surface area contributed by atoms with Gasteiger partial charge in [0.2, 0.25) is 15.9 Å². The second kappa shape index (κ2) is 8.80. The van der Waals surface area contributed by atoms with Gasteiger partial charge in [-0.25, -0.2) is 12.8 Å². The number of benzene rings is 2. The second-order valence-electron chi connectivity index (χ2n) is 5.87. The van der Waals surface area contributed by atoms with E-state index in [9.17, 15) is 17.6 Å². The van der Waals surface area contributed by atoms with Gasteiger partial charge in [-0.3, -0.25) is 14.1 Å². The summed E-state index contributed by atoms with van der Waals surface area (Å²) in [6, 6.07) is 10.7. The van der Waals surface area contributed by atoms with Crippen LogP contribution in [0.2, 0.25) is 5.02 Å². The molecule has 8 nitrogen and oxygen atoms in total. The van der Waals surface area contributed by atoms with E-state index in [4.69, 9.17) is 11.6 Å². The van der Waals surface area contributed by atoms with Crippen LogP contribution in [0.1, 0.15) is 0 Å². The van der Waals surface area contributed by atoms with Crippen molar-refractivity contribution >= 4 is 50.7 Å². The second-order valence-corrected chi connectivity index (χ2v) is 9.00. The molecule has 3 rings (SSSR count). The molecule has 2 N–H and O–H groups in total. The van der Waals surface area contributed by atoms with Crippen molar-refractivity contribution in [1.82, 2.24) is 14.8 Å². The van der Waals surface area contributed by atoms with Crippen LogP contribution in [-0.4, -0.2) is 41.1 Å². The van der Waals surface area contributed by atoms with Crippen LogP contribution < -0.4 is 10.0 Å². The van der Waals surface area contributed by atoms with Crippen LogP contribution in [0.15, 0.2) is 53.9 Å². The summed E-state index contributed by atoms with van der Waals surface area (Å²) in [4.78, 5) is 12.2. The number of carbonyl (C=O) groups is 1. The van der Waals surface area contributed by atoms with Crippen LogP contribution in [0.5, 0.6) is 0 Å². The Morgan fingerprint density at radius 2 is 2.07 bits per heavy atom. The van der Waals surface area contributed by atoms with Gasteiger partial charge in [0, 0.05) is 10.7 Å². The first-order valence-electron chi connectivity index (χ1n) is 8.07. The molecule has 1 amide bonds. The molecule has 2 aromatic carbocycles. The van der Waals surface area contributed by atoms with Crippen molar-refractivity contribution in [3.8, 4) is 5.69 Å². The summed E-state index contributed by atoms with van der Waals surface area (Å²) < 4.78 is 40.1. The van der Waals surface area contributed by atoms with Crippen LogP contribution in [-0.2, 0) is 14.8 Å². The first-order valence-corrected chi connectivity index (χ1v) is 11.3. The van der Waals surface area contributed by atoms with E-state index in [2.05, 4.69) is 20.2 Å². The first kappa shape index (κ1) is 21.1. The molecule has 0 bridgehead atoms. The van der Waals surface area contributed by atoms with Crippen LogP contribution in [0.3, 0.4) is 0 Å². The number of amides is 1. The third-order valence-corrected chi connectivity index (χ3v) is 5.25. The molecule has 0 fully saturated rings. The Labute approximate surface area is 175 Å². The number of halogens is 2. The molecular weight excluding hydrogens is 441 g/mol. The molecular formula is C17H15ClFN5O3S2. The topological polar surface area (TPSA) is 106 Å². The Morgan fingerprint density at radius 1 is 1.28 bits per heavy atom. The fraction of sp³-hybridized carbons (Fsp3) is 0.118. The lowest BCUT2D eigenvalue weighted by Gasteiger charge is -2.10. The van der Waals surface area contributed by atoms with Crippen molar-refractivity contribution in [2.24, 2.45) is 0 Å². The monoisotopic (exact) mass is 455 g/mol. The van der Waals surface area contributed by atoms with E-state index >= 15 is 0 Å².